The molecule has 12 nitrogen and oxygen atoms in total. The van der Waals surface area contributed by atoms with Crippen LogP contribution in [0.2, 0.25) is 0 Å². The zero-order valence-corrected chi connectivity index (χ0v) is 22.9. The van der Waals surface area contributed by atoms with Crippen molar-refractivity contribution >= 4 is 51.3 Å². The number of nitrogens with zero attached hydrogens (tertiary/aromatic N) is 5. The van der Waals surface area contributed by atoms with Crippen molar-refractivity contribution in [2.24, 2.45) is 9.98 Å². The quantitative estimate of drug-likeness (QED) is 0.128. The number of nitriles is 2. The second-order valence-electron chi connectivity index (χ2n) is 6.38. The van der Waals surface area contributed by atoms with Crippen molar-refractivity contribution in [1.82, 2.24) is 5.32 Å². The molecule has 2 rings (SSSR count). The summed E-state index contributed by atoms with van der Waals surface area (Å²) in [6, 6.07) is 10.8. The van der Waals surface area contributed by atoms with E-state index in [0.717, 1.165) is 0 Å². The molecular weight excluding hydrogens is 598 g/mol. The highest BCUT2D eigenvalue weighted by atomic mass is 79.9. The van der Waals surface area contributed by atoms with Crippen LogP contribution in [-0.2, 0) is 28.5 Å². The molecular formula is C25H29BrF2N6O6. The fourth-order valence-electron chi connectivity index (χ4n) is 2.20. The Morgan fingerprint density at radius 3 is 1.80 bits per heavy atom. The smallest absolute Gasteiger partial charge is 0.325 e. The van der Waals surface area contributed by atoms with Crippen LogP contribution in [0.1, 0.15) is 7.43 Å². The van der Waals surface area contributed by atoms with Gasteiger partial charge in [0.2, 0.25) is 6.19 Å². The number of methoxy groups -OCH3 is 4. The minimum atomic E-state index is -0.549. The summed E-state index contributed by atoms with van der Waals surface area (Å²) < 4.78 is 43.8. The number of rotatable bonds is 5. The van der Waals surface area contributed by atoms with E-state index in [1.165, 1.54) is 81.9 Å². The molecule has 0 aliphatic rings. The number of aliphatic imine (C=N–C) groups is 2. The van der Waals surface area contributed by atoms with E-state index in [-0.39, 0.29) is 43.1 Å². The van der Waals surface area contributed by atoms with Gasteiger partial charge in [-0.25, -0.2) is 14.1 Å². The molecule has 0 fully saturated rings. The molecule has 0 spiro atoms. The summed E-state index contributed by atoms with van der Waals surface area (Å²) in [7, 11) is 5.28. The number of halogens is 3. The van der Waals surface area contributed by atoms with Gasteiger partial charge in [-0.1, -0.05) is 23.4 Å². The highest BCUT2D eigenvalue weighted by Crippen LogP contribution is 2.16. The number of benzene rings is 2. The predicted octanol–water partition coefficient (Wildman–Crippen LogP) is 4.01. The molecule has 0 heterocycles. The zero-order valence-electron chi connectivity index (χ0n) is 21.4. The lowest BCUT2D eigenvalue weighted by Gasteiger charge is -2.22. The van der Waals surface area contributed by atoms with Gasteiger partial charge in [0.25, 0.3) is 0 Å². The second kappa shape index (κ2) is 22.2. The van der Waals surface area contributed by atoms with Crippen LogP contribution in [0.15, 0.2) is 58.5 Å². The molecule has 2 aromatic carbocycles. The Bertz CT molecular complexity index is 1180. The number of nitrogens with one attached hydrogen (secondary N) is 1. The van der Waals surface area contributed by atoms with E-state index in [1.807, 2.05) is 0 Å². The molecule has 1 N–H and O–H groups in total. The second-order valence-corrected chi connectivity index (χ2v) is 6.94. The molecule has 2 aromatic rings. The van der Waals surface area contributed by atoms with Gasteiger partial charge >= 0.3 is 24.0 Å². The molecule has 216 valence electrons. The molecule has 0 radical (unpaired) electrons. The summed E-state index contributed by atoms with van der Waals surface area (Å²) >= 11 is 2.90. The molecule has 0 aliphatic carbocycles. The van der Waals surface area contributed by atoms with Gasteiger partial charge in [0, 0.05) is 5.69 Å². The predicted molar refractivity (Wildman–Crippen MR) is 148 cm³/mol. The molecule has 0 bridgehead atoms. The number of carbonyl (C=O) groups excluding carboxylic acids is 2. The van der Waals surface area contributed by atoms with Gasteiger partial charge in [-0.05, 0) is 48.5 Å². The van der Waals surface area contributed by atoms with Crippen molar-refractivity contribution in [2.45, 2.75) is 7.43 Å². The maximum Gasteiger partial charge on any atom is 0.325 e. The average Bonchev–Trinajstić information content (AvgIpc) is 2.96. The number of anilines is 1. The summed E-state index contributed by atoms with van der Waals surface area (Å²) in [5.41, 5.74) is 0.952. The number of amidine groups is 2. The number of alkyl halides is 1. The zero-order chi connectivity index (χ0) is 29.6. The minimum absolute atomic E-state index is 0. The number of carbonyl (C=O) groups is 2. The first-order valence-corrected chi connectivity index (χ1v) is 11.6. The van der Waals surface area contributed by atoms with Crippen LogP contribution in [-0.4, -0.2) is 64.3 Å². The van der Waals surface area contributed by atoms with E-state index >= 15 is 0 Å². The Morgan fingerprint density at radius 2 is 1.43 bits per heavy atom. The number of hydrogen-bond acceptors (Lipinski definition) is 10. The van der Waals surface area contributed by atoms with Crippen molar-refractivity contribution in [3.05, 3.63) is 60.2 Å². The Kier molecular flexibility index (Phi) is 20.8. The maximum atomic E-state index is 12.9. The first-order valence-electron chi connectivity index (χ1n) is 10.5. The fraction of sp³-hybridized carbons (Fsp3) is 0.280. The van der Waals surface area contributed by atoms with Crippen LogP contribution in [0.5, 0.6) is 0 Å². The Balaban J connectivity index is 0. The van der Waals surface area contributed by atoms with Crippen molar-refractivity contribution in [3.8, 4) is 12.4 Å². The topological polar surface area (TPSA) is 159 Å². The molecule has 0 amide bonds. The van der Waals surface area contributed by atoms with Gasteiger partial charge in [0.1, 0.15) is 23.5 Å². The van der Waals surface area contributed by atoms with Crippen LogP contribution in [0.25, 0.3) is 0 Å². The van der Waals surface area contributed by atoms with Gasteiger partial charge in [-0.2, -0.15) is 15.5 Å². The van der Waals surface area contributed by atoms with Crippen LogP contribution in [0.4, 0.5) is 20.2 Å². The highest BCUT2D eigenvalue weighted by Gasteiger charge is 2.19. The summed E-state index contributed by atoms with van der Waals surface area (Å²) in [6.45, 7) is -0.212. The van der Waals surface area contributed by atoms with E-state index < -0.39 is 11.8 Å². The Hall–Kier alpha value is -4.76. The Morgan fingerprint density at radius 1 is 0.900 bits per heavy atom. The van der Waals surface area contributed by atoms with Gasteiger partial charge in [0.05, 0.1) is 34.1 Å². The molecule has 15 heteroatoms. The van der Waals surface area contributed by atoms with Gasteiger partial charge < -0.3 is 18.9 Å². The maximum absolute atomic E-state index is 12.9. The lowest BCUT2D eigenvalue weighted by atomic mass is 10.3. The van der Waals surface area contributed by atoms with Crippen LogP contribution in [0, 0.1) is 34.5 Å². The van der Waals surface area contributed by atoms with Gasteiger partial charge in [-0.3, -0.25) is 14.5 Å². The van der Waals surface area contributed by atoms with E-state index in [1.54, 1.807) is 12.4 Å². The van der Waals surface area contributed by atoms with Gasteiger partial charge in [-0.15, -0.1) is 4.99 Å². The van der Waals surface area contributed by atoms with Crippen LogP contribution in [0.3, 0.4) is 0 Å². The third-order valence-corrected chi connectivity index (χ3v) is 4.42. The normalized spacial score (nSPS) is 9.82. The monoisotopic (exact) mass is 626 g/mol. The van der Waals surface area contributed by atoms with E-state index in [9.17, 15) is 18.4 Å². The molecule has 0 aliphatic heterocycles. The lowest BCUT2D eigenvalue weighted by molar-refractivity contribution is -0.139. The number of ether oxygens (including phenoxy) is 4. The van der Waals surface area contributed by atoms with Crippen LogP contribution >= 0.6 is 15.9 Å². The van der Waals surface area contributed by atoms with Crippen molar-refractivity contribution in [1.29, 1.82) is 10.5 Å². The summed E-state index contributed by atoms with van der Waals surface area (Å²) in [5.74, 6) is -1.55. The highest BCUT2D eigenvalue weighted by molar-refractivity contribution is 9.09. The molecule has 0 aromatic heterocycles. The van der Waals surface area contributed by atoms with Crippen molar-refractivity contribution in [2.75, 3.05) is 45.2 Å². The molecule has 0 unspecified atom stereocenters. The lowest BCUT2D eigenvalue weighted by Crippen LogP contribution is -2.37. The summed E-state index contributed by atoms with van der Waals surface area (Å²) in [5, 5.41) is 19.4. The SMILES string of the molecule is C.COC(=Nc1ccc(F)cc1)NC#N.COC(=O)CBr.COC(=O)CN(C(=NC#N)OC)c1ccc(F)cc1. The van der Waals surface area contributed by atoms with Crippen LogP contribution < -0.4 is 10.2 Å². The first kappa shape index (κ1) is 37.4. The fourth-order valence-corrected chi connectivity index (χ4v) is 2.43. The number of hydrogen-bond donors (Lipinski definition) is 1. The van der Waals surface area contributed by atoms with E-state index in [4.69, 9.17) is 20.0 Å². The average molecular weight is 627 g/mol. The first-order chi connectivity index (χ1) is 18.7. The van der Waals surface area contributed by atoms with E-state index in [0.29, 0.717) is 11.4 Å². The molecule has 40 heavy (non-hydrogen) atoms. The van der Waals surface area contributed by atoms with Crippen molar-refractivity contribution in [3.63, 3.8) is 0 Å². The van der Waals surface area contributed by atoms with Crippen molar-refractivity contribution < 1.29 is 37.3 Å². The van der Waals surface area contributed by atoms with Gasteiger partial charge in [0.15, 0.2) is 6.19 Å². The molecule has 0 saturated carbocycles. The Labute approximate surface area is 239 Å². The summed E-state index contributed by atoms with van der Waals surface area (Å²) in [6.07, 6.45) is 3.24. The third kappa shape index (κ3) is 15.5. The van der Waals surface area contributed by atoms with E-state index in [2.05, 4.69) is 40.7 Å². The largest absolute Gasteiger partial charge is 0.468 e. The molecule has 0 saturated heterocycles. The molecule has 0 atom stereocenters. The third-order valence-electron chi connectivity index (χ3n) is 3.96. The standard InChI is InChI=1S/C12H12FN3O3.C9H8FN3O.C3H5BrO2.CH4/c1-18-11(17)7-16(12(19-2)15-8-14)10-5-3-9(13)4-6-10;1-14-9(12-6-11)13-8-4-2-7(10)3-5-8;1-6-3(5)2-4;/h3-6H,7H2,1-2H3;2-5H,1H3,(H,12,13);2H2,1H3;1H4. The number of esters is 2. The minimum Gasteiger partial charge on any atom is -0.468 e. The summed E-state index contributed by atoms with van der Waals surface area (Å²) in [4.78, 5) is 29.9.